The molecule has 2 aromatic carbocycles. The number of rotatable bonds is 2. The van der Waals surface area contributed by atoms with Crippen LogP contribution in [0.3, 0.4) is 0 Å². The molecule has 0 radical (unpaired) electrons. The Morgan fingerprint density at radius 3 is 2.52 bits per heavy atom. The van der Waals surface area contributed by atoms with E-state index in [-0.39, 0.29) is 12.1 Å². The maximum Gasteiger partial charge on any atom is 0.241 e. The molecule has 3 N–H and O–H groups in total. The number of nitrogens with two attached hydrogens (primary N) is 1. The summed E-state index contributed by atoms with van der Waals surface area (Å²) in [6.45, 7) is 2.10. The van der Waals surface area contributed by atoms with Crippen LogP contribution in [0, 0.1) is 6.92 Å². The van der Waals surface area contributed by atoms with Crippen molar-refractivity contribution in [1.82, 2.24) is 14.8 Å². The molecule has 1 aliphatic rings. The molecule has 116 valence electrons. The smallest absolute Gasteiger partial charge is 0.241 e. The molecular weight excluding hydrogens is 286 g/mol. The highest BCUT2D eigenvalue weighted by atomic mass is 15.4. The molecule has 3 aromatic rings. The number of anilines is 2. The molecule has 4 rings (SSSR count). The van der Waals surface area contributed by atoms with Crippen molar-refractivity contribution in [3.05, 3.63) is 71.3 Å². The van der Waals surface area contributed by atoms with E-state index in [0.717, 1.165) is 12.4 Å². The number of aromatic nitrogens is 3. The van der Waals surface area contributed by atoms with Crippen molar-refractivity contribution in [2.24, 2.45) is 0 Å². The number of nitrogens with one attached hydrogen (secondary N) is 1. The highest BCUT2D eigenvalue weighted by Gasteiger charge is 2.30. The summed E-state index contributed by atoms with van der Waals surface area (Å²) in [6.07, 6.45) is 0.906. The van der Waals surface area contributed by atoms with Crippen molar-refractivity contribution >= 4 is 11.9 Å². The first-order valence-electron chi connectivity index (χ1n) is 7.81. The van der Waals surface area contributed by atoms with Gasteiger partial charge >= 0.3 is 0 Å². The minimum absolute atomic E-state index is 0.127. The van der Waals surface area contributed by atoms with E-state index < -0.39 is 0 Å². The quantitative estimate of drug-likeness (QED) is 0.762. The number of nitrogen functional groups attached to an aromatic ring is 1. The van der Waals surface area contributed by atoms with E-state index in [1.807, 2.05) is 10.7 Å². The number of fused-ring (bicyclic) bond motifs is 1. The van der Waals surface area contributed by atoms with E-state index in [1.165, 1.54) is 16.7 Å². The van der Waals surface area contributed by atoms with Gasteiger partial charge in [0.25, 0.3) is 0 Å². The molecule has 0 aliphatic carbocycles. The van der Waals surface area contributed by atoms with Crippen molar-refractivity contribution in [2.45, 2.75) is 25.4 Å². The molecule has 5 heteroatoms. The lowest BCUT2D eigenvalue weighted by molar-refractivity contribution is 0.431. The van der Waals surface area contributed by atoms with E-state index >= 15 is 0 Å². The third-order valence-electron chi connectivity index (χ3n) is 4.37. The molecule has 0 bridgehead atoms. The minimum atomic E-state index is 0.127. The average Bonchev–Trinajstić information content (AvgIpc) is 2.96. The number of hydrogen-bond donors (Lipinski definition) is 2. The van der Waals surface area contributed by atoms with E-state index in [0.29, 0.717) is 5.95 Å². The van der Waals surface area contributed by atoms with Gasteiger partial charge in [0.15, 0.2) is 0 Å². The second-order valence-electron chi connectivity index (χ2n) is 6.01. The molecule has 2 atom stereocenters. The van der Waals surface area contributed by atoms with E-state index in [9.17, 15) is 0 Å². The van der Waals surface area contributed by atoms with E-state index in [1.54, 1.807) is 0 Å². The van der Waals surface area contributed by atoms with Gasteiger partial charge in [0.05, 0.1) is 12.1 Å². The number of nitrogens with zero attached hydrogens (tertiary/aromatic N) is 3. The zero-order chi connectivity index (χ0) is 15.8. The van der Waals surface area contributed by atoms with Crippen LogP contribution in [0.2, 0.25) is 0 Å². The average molecular weight is 305 g/mol. The third-order valence-corrected chi connectivity index (χ3v) is 4.37. The van der Waals surface area contributed by atoms with Gasteiger partial charge in [0.1, 0.15) is 0 Å². The molecule has 1 aliphatic heterocycles. The topological polar surface area (TPSA) is 68.8 Å². The zero-order valence-corrected chi connectivity index (χ0v) is 13.0. The van der Waals surface area contributed by atoms with E-state index in [4.69, 9.17) is 5.73 Å². The second-order valence-corrected chi connectivity index (χ2v) is 6.01. The first-order chi connectivity index (χ1) is 11.2. The minimum Gasteiger partial charge on any atom is -0.366 e. The number of aryl methyl sites for hydroxylation is 1. The fourth-order valence-corrected chi connectivity index (χ4v) is 3.16. The highest BCUT2D eigenvalue weighted by molar-refractivity contribution is 5.41. The van der Waals surface area contributed by atoms with Gasteiger partial charge in [-0.05, 0) is 24.5 Å². The van der Waals surface area contributed by atoms with Crippen molar-refractivity contribution in [3.8, 4) is 0 Å². The standard InChI is InChI=1S/C18H19N5/c1-12-7-9-14(10-8-12)16-11-15(13-5-3-2-4-6-13)20-18-21-17(19)22-23(16)18/h2-10,15-16H,11H2,1H3,(H3,19,20,21,22)/t15-,16-/m1/s1. The van der Waals surface area contributed by atoms with Crippen LogP contribution in [0.5, 0.6) is 0 Å². The summed E-state index contributed by atoms with van der Waals surface area (Å²) >= 11 is 0. The molecule has 0 spiro atoms. The summed E-state index contributed by atoms with van der Waals surface area (Å²) in [5.41, 5.74) is 9.55. The lowest BCUT2D eigenvalue weighted by atomic mass is 9.93. The Hall–Kier alpha value is -2.82. The van der Waals surface area contributed by atoms with Crippen LogP contribution in [-0.2, 0) is 0 Å². The van der Waals surface area contributed by atoms with Gasteiger partial charge in [-0.2, -0.15) is 4.98 Å². The van der Waals surface area contributed by atoms with Gasteiger partial charge in [-0.25, -0.2) is 4.68 Å². The highest BCUT2D eigenvalue weighted by Crippen LogP contribution is 2.37. The normalized spacial score (nSPS) is 19.9. The summed E-state index contributed by atoms with van der Waals surface area (Å²) in [6, 6.07) is 19.3. The van der Waals surface area contributed by atoms with Gasteiger partial charge < -0.3 is 11.1 Å². The van der Waals surface area contributed by atoms with Crippen LogP contribution in [0.25, 0.3) is 0 Å². The van der Waals surface area contributed by atoms with Gasteiger partial charge in [-0.1, -0.05) is 60.2 Å². The predicted octanol–water partition coefficient (Wildman–Crippen LogP) is 3.32. The first kappa shape index (κ1) is 13.8. The second kappa shape index (κ2) is 5.43. The molecule has 2 heterocycles. The van der Waals surface area contributed by atoms with Crippen LogP contribution in [0.4, 0.5) is 11.9 Å². The molecule has 0 saturated heterocycles. The van der Waals surface area contributed by atoms with Crippen molar-refractivity contribution in [2.75, 3.05) is 11.1 Å². The monoisotopic (exact) mass is 305 g/mol. The molecule has 0 saturated carbocycles. The molecule has 23 heavy (non-hydrogen) atoms. The van der Waals surface area contributed by atoms with Gasteiger partial charge in [0.2, 0.25) is 11.9 Å². The summed E-state index contributed by atoms with van der Waals surface area (Å²) in [5, 5.41) is 7.83. The Balaban J connectivity index is 1.76. The van der Waals surface area contributed by atoms with Crippen molar-refractivity contribution in [1.29, 1.82) is 0 Å². The Morgan fingerprint density at radius 1 is 1.04 bits per heavy atom. The maximum atomic E-state index is 5.82. The number of hydrogen-bond acceptors (Lipinski definition) is 4. The zero-order valence-electron chi connectivity index (χ0n) is 13.0. The van der Waals surface area contributed by atoms with Crippen LogP contribution in [-0.4, -0.2) is 14.8 Å². The van der Waals surface area contributed by atoms with E-state index in [2.05, 4.69) is 70.9 Å². The summed E-state index contributed by atoms with van der Waals surface area (Å²) < 4.78 is 1.90. The molecule has 0 fully saturated rings. The third kappa shape index (κ3) is 2.54. The number of benzene rings is 2. The largest absolute Gasteiger partial charge is 0.366 e. The molecule has 0 amide bonds. The van der Waals surface area contributed by atoms with Crippen LogP contribution in [0.1, 0.15) is 35.2 Å². The lowest BCUT2D eigenvalue weighted by Gasteiger charge is -2.31. The first-order valence-corrected chi connectivity index (χ1v) is 7.81. The molecule has 1 aromatic heterocycles. The Bertz CT molecular complexity index is 807. The SMILES string of the molecule is Cc1ccc([C@H]2C[C@H](c3ccccc3)Nc3nc(N)nn32)cc1. The van der Waals surface area contributed by atoms with Crippen LogP contribution >= 0.6 is 0 Å². The van der Waals surface area contributed by atoms with Gasteiger partial charge in [-0.3, -0.25) is 0 Å². The van der Waals surface area contributed by atoms with Crippen molar-refractivity contribution < 1.29 is 0 Å². The summed E-state index contributed by atoms with van der Waals surface area (Å²) in [7, 11) is 0. The fourth-order valence-electron chi connectivity index (χ4n) is 3.16. The summed E-state index contributed by atoms with van der Waals surface area (Å²) in [4.78, 5) is 4.34. The molecule has 0 unspecified atom stereocenters. The fraction of sp³-hybridized carbons (Fsp3) is 0.222. The lowest BCUT2D eigenvalue weighted by Crippen LogP contribution is -2.28. The molecule has 5 nitrogen and oxygen atoms in total. The maximum absolute atomic E-state index is 5.82. The molecular formula is C18H19N5. The van der Waals surface area contributed by atoms with Crippen LogP contribution < -0.4 is 11.1 Å². The van der Waals surface area contributed by atoms with Crippen molar-refractivity contribution in [3.63, 3.8) is 0 Å². The summed E-state index contributed by atoms with van der Waals surface area (Å²) in [5.74, 6) is 1.03. The van der Waals surface area contributed by atoms with Crippen LogP contribution in [0.15, 0.2) is 54.6 Å². The predicted molar refractivity (Wildman–Crippen MR) is 91.2 cm³/mol. The Labute approximate surface area is 135 Å². The Kier molecular flexibility index (Phi) is 3.26. The Morgan fingerprint density at radius 2 is 1.78 bits per heavy atom. The van der Waals surface area contributed by atoms with Gasteiger partial charge in [-0.15, -0.1) is 5.10 Å². The van der Waals surface area contributed by atoms with Gasteiger partial charge in [0, 0.05) is 0 Å².